The number of aryl methyl sites for hydroxylation is 2. The fraction of sp³-hybridized carbons (Fsp3) is 0.389. The number of para-hydroxylation sites is 1. The highest BCUT2D eigenvalue weighted by Gasteiger charge is 2.21. The highest BCUT2D eigenvalue weighted by molar-refractivity contribution is 5.92. The Bertz CT molecular complexity index is 884. The first-order valence-corrected chi connectivity index (χ1v) is 8.65. The standard InChI is InChI=1S/C18H22N6O2/c1-4-5-11-23-16(19-21-22-23)12-26-18(25)17-13(2)20-24(14(17)3)15-9-7-6-8-10-15/h6-10H,4-5,11-12H2,1-3H3. The lowest BCUT2D eigenvalue weighted by atomic mass is 10.2. The summed E-state index contributed by atoms with van der Waals surface area (Å²) in [7, 11) is 0. The zero-order valence-electron chi connectivity index (χ0n) is 15.2. The summed E-state index contributed by atoms with van der Waals surface area (Å²) in [6, 6.07) is 9.68. The minimum atomic E-state index is -0.424. The molecule has 3 rings (SSSR count). The van der Waals surface area contributed by atoms with Gasteiger partial charge in [0.15, 0.2) is 12.4 Å². The molecule has 0 aliphatic carbocycles. The Balaban J connectivity index is 1.75. The van der Waals surface area contributed by atoms with Crippen LogP contribution in [-0.2, 0) is 17.9 Å². The Hall–Kier alpha value is -3.03. The Morgan fingerprint density at radius 3 is 2.69 bits per heavy atom. The molecule has 0 aliphatic rings. The van der Waals surface area contributed by atoms with Crippen LogP contribution in [0, 0.1) is 13.8 Å². The average molecular weight is 354 g/mol. The number of hydrogen-bond acceptors (Lipinski definition) is 6. The third-order valence-corrected chi connectivity index (χ3v) is 4.16. The van der Waals surface area contributed by atoms with Crippen molar-refractivity contribution in [2.75, 3.05) is 0 Å². The molecule has 8 heteroatoms. The van der Waals surface area contributed by atoms with E-state index in [1.165, 1.54) is 0 Å². The molecule has 0 saturated carbocycles. The van der Waals surface area contributed by atoms with Crippen LogP contribution in [0.2, 0.25) is 0 Å². The molecule has 0 saturated heterocycles. The molecule has 1 aromatic carbocycles. The Morgan fingerprint density at radius 1 is 1.19 bits per heavy atom. The first kappa shape index (κ1) is 17.8. The zero-order chi connectivity index (χ0) is 18.5. The van der Waals surface area contributed by atoms with Gasteiger partial charge in [0.05, 0.1) is 17.1 Å². The van der Waals surface area contributed by atoms with Crippen LogP contribution >= 0.6 is 0 Å². The first-order valence-electron chi connectivity index (χ1n) is 8.65. The molecule has 0 amide bonds. The van der Waals surface area contributed by atoms with Gasteiger partial charge in [-0.2, -0.15) is 5.10 Å². The number of hydrogen-bond donors (Lipinski definition) is 0. The molecule has 0 atom stereocenters. The minimum Gasteiger partial charge on any atom is -0.454 e. The van der Waals surface area contributed by atoms with E-state index in [9.17, 15) is 4.79 Å². The van der Waals surface area contributed by atoms with Gasteiger partial charge in [0.1, 0.15) is 5.56 Å². The van der Waals surface area contributed by atoms with E-state index < -0.39 is 5.97 Å². The van der Waals surface area contributed by atoms with Crippen molar-refractivity contribution in [1.29, 1.82) is 0 Å². The number of carbonyl (C=O) groups excluding carboxylic acids is 1. The minimum absolute atomic E-state index is 0.0327. The molecule has 0 spiro atoms. The number of aromatic nitrogens is 6. The summed E-state index contributed by atoms with van der Waals surface area (Å²) >= 11 is 0. The van der Waals surface area contributed by atoms with Gasteiger partial charge in [-0.15, -0.1) is 5.10 Å². The number of benzene rings is 1. The van der Waals surface area contributed by atoms with Crippen molar-refractivity contribution < 1.29 is 9.53 Å². The molecule has 8 nitrogen and oxygen atoms in total. The third kappa shape index (κ3) is 3.63. The van der Waals surface area contributed by atoms with Gasteiger partial charge in [0.2, 0.25) is 0 Å². The molecule has 3 aromatic rings. The molecule has 136 valence electrons. The van der Waals surface area contributed by atoms with Crippen LogP contribution in [0.15, 0.2) is 30.3 Å². The van der Waals surface area contributed by atoms with Crippen LogP contribution in [0.3, 0.4) is 0 Å². The second-order valence-corrected chi connectivity index (χ2v) is 6.04. The average Bonchev–Trinajstić information content (AvgIpc) is 3.22. The van der Waals surface area contributed by atoms with E-state index in [0.717, 1.165) is 24.2 Å². The number of tetrazole rings is 1. The highest BCUT2D eigenvalue weighted by Crippen LogP contribution is 2.19. The Labute approximate surface area is 151 Å². The Kier molecular flexibility index (Phi) is 5.40. The van der Waals surface area contributed by atoms with Crippen molar-refractivity contribution in [2.45, 2.75) is 46.8 Å². The van der Waals surface area contributed by atoms with E-state index in [4.69, 9.17) is 4.74 Å². The number of nitrogens with zero attached hydrogens (tertiary/aromatic N) is 6. The molecule has 0 N–H and O–H groups in total. The summed E-state index contributed by atoms with van der Waals surface area (Å²) in [5.41, 5.74) is 2.74. The molecule has 2 aromatic heterocycles. The second-order valence-electron chi connectivity index (χ2n) is 6.04. The second kappa shape index (κ2) is 7.90. The smallest absolute Gasteiger partial charge is 0.342 e. The molecule has 0 bridgehead atoms. The normalized spacial score (nSPS) is 10.9. The largest absolute Gasteiger partial charge is 0.454 e. The van der Waals surface area contributed by atoms with Crippen molar-refractivity contribution in [3.63, 3.8) is 0 Å². The fourth-order valence-corrected chi connectivity index (χ4v) is 2.77. The van der Waals surface area contributed by atoms with E-state index in [2.05, 4.69) is 27.5 Å². The van der Waals surface area contributed by atoms with Gasteiger partial charge in [-0.25, -0.2) is 14.2 Å². The fourth-order valence-electron chi connectivity index (χ4n) is 2.77. The molecule has 26 heavy (non-hydrogen) atoms. The molecule has 0 radical (unpaired) electrons. The zero-order valence-corrected chi connectivity index (χ0v) is 15.2. The monoisotopic (exact) mass is 354 g/mol. The maximum absolute atomic E-state index is 12.6. The maximum atomic E-state index is 12.6. The van der Waals surface area contributed by atoms with E-state index >= 15 is 0 Å². The lowest BCUT2D eigenvalue weighted by Gasteiger charge is -2.07. The van der Waals surface area contributed by atoms with Crippen LogP contribution in [0.5, 0.6) is 0 Å². The van der Waals surface area contributed by atoms with Gasteiger partial charge >= 0.3 is 5.97 Å². The van der Waals surface area contributed by atoms with E-state index in [-0.39, 0.29) is 6.61 Å². The van der Waals surface area contributed by atoms with Gasteiger partial charge in [-0.05, 0) is 42.8 Å². The van der Waals surface area contributed by atoms with Crippen molar-refractivity contribution in [3.05, 3.63) is 53.1 Å². The van der Waals surface area contributed by atoms with Crippen LogP contribution in [0.4, 0.5) is 0 Å². The molecular weight excluding hydrogens is 332 g/mol. The molecule has 0 aliphatic heterocycles. The quantitative estimate of drug-likeness (QED) is 0.606. The van der Waals surface area contributed by atoms with Crippen LogP contribution in [0.1, 0.15) is 47.3 Å². The summed E-state index contributed by atoms with van der Waals surface area (Å²) < 4.78 is 8.87. The van der Waals surface area contributed by atoms with Gasteiger partial charge in [-0.1, -0.05) is 31.5 Å². The predicted octanol–water partition coefficient (Wildman–Crippen LogP) is 2.63. The predicted molar refractivity (Wildman–Crippen MR) is 94.9 cm³/mol. The van der Waals surface area contributed by atoms with Gasteiger partial charge in [-0.3, -0.25) is 0 Å². The Morgan fingerprint density at radius 2 is 1.96 bits per heavy atom. The molecule has 2 heterocycles. The lowest BCUT2D eigenvalue weighted by Crippen LogP contribution is -2.12. The summed E-state index contributed by atoms with van der Waals surface area (Å²) in [6.45, 7) is 6.49. The first-order chi connectivity index (χ1) is 12.6. The highest BCUT2D eigenvalue weighted by atomic mass is 16.5. The number of unbranched alkanes of at least 4 members (excludes halogenated alkanes) is 1. The van der Waals surface area contributed by atoms with Crippen LogP contribution in [0.25, 0.3) is 5.69 Å². The SMILES string of the molecule is CCCCn1nnnc1COC(=O)c1c(C)nn(-c2ccccc2)c1C. The van der Waals surface area contributed by atoms with Crippen molar-refractivity contribution in [3.8, 4) is 5.69 Å². The van der Waals surface area contributed by atoms with Crippen molar-refractivity contribution in [2.24, 2.45) is 0 Å². The van der Waals surface area contributed by atoms with E-state index in [1.54, 1.807) is 16.3 Å². The van der Waals surface area contributed by atoms with Crippen LogP contribution in [-0.4, -0.2) is 36.0 Å². The number of rotatable bonds is 7. The van der Waals surface area contributed by atoms with Crippen LogP contribution < -0.4 is 0 Å². The summed E-state index contributed by atoms with van der Waals surface area (Å²) in [6.07, 6.45) is 2.00. The third-order valence-electron chi connectivity index (χ3n) is 4.16. The summed E-state index contributed by atoms with van der Waals surface area (Å²) in [5, 5.41) is 16.0. The molecule has 0 unspecified atom stereocenters. The summed E-state index contributed by atoms with van der Waals surface area (Å²) in [4.78, 5) is 12.6. The topological polar surface area (TPSA) is 87.7 Å². The maximum Gasteiger partial charge on any atom is 0.342 e. The lowest BCUT2D eigenvalue weighted by molar-refractivity contribution is 0.0454. The number of esters is 1. The number of ether oxygens (including phenoxy) is 1. The summed E-state index contributed by atoms with van der Waals surface area (Å²) in [5.74, 6) is 0.116. The van der Waals surface area contributed by atoms with Gasteiger partial charge < -0.3 is 4.74 Å². The van der Waals surface area contributed by atoms with E-state index in [0.29, 0.717) is 23.6 Å². The molecule has 0 fully saturated rings. The number of carbonyl (C=O) groups is 1. The van der Waals surface area contributed by atoms with Crippen molar-refractivity contribution >= 4 is 5.97 Å². The van der Waals surface area contributed by atoms with Gasteiger partial charge in [0.25, 0.3) is 0 Å². The van der Waals surface area contributed by atoms with E-state index in [1.807, 2.05) is 37.3 Å². The molecular formula is C18H22N6O2. The van der Waals surface area contributed by atoms with Gasteiger partial charge in [0, 0.05) is 6.54 Å². The van der Waals surface area contributed by atoms with Crippen molar-refractivity contribution in [1.82, 2.24) is 30.0 Å².